The number of hydrogen-bond donors (Lipinski definition) is 1. The fourth-order valence-electron chi connectivity index (χ4n) is 5.50. The molecule has 0 saturated heterocycles. The molecule has 0 spiro atoms. The molecule has 0 fully saturated rings. The largest absolute Gasteiger partial charge is 0.462 e. The minimum atomic E-state index is -0.782. The van der Waals surface area contributed by atoms with Gasteiger partial charge in [0.1, 0.15) is 6.61 Å². The van der Waals surface area contributed by atoms with E-state index < -0.39 is 6.10 Å². The molecule has 5 nitrogen and oxygen atoms in total. The minimum Gasteiger partial charge on any atom is -0.462 e. The number of carbonyl (C=O) groups is 2. The van der Waals surface area contributed by atoms with Gasteiger partial charge < -0.3 is 14.6 Å². The van der Waals surface area contributed by atoms with Crippen molar-refractivity contribution in [3.05, 3.63) is 48.6 Å². The number of aliphatic hydroxyl groups excluding tert-OH is 1. The third-order valence-electron chi connectivity index (χ3n) is 8.60. The summed E-state index contributed by atoms with van der Waals surface area (Å²) in [6, 6.07) is 0. The number of aliphatic hydroxyl groups is 1. The SMILES string of the molecule is CCCCCC=CCC=CCC=CCCCCCCC(=O)OCC(CO)OC(=O)CCCCCCCCCC=CCCCCCCCC. The molecule has 0 rings (SSSR count). The molecule has 1 atom stereocenters. The van der Waals surface area contributed by atoms with E-state index in [0.29, 0.717) is 12.8 Å². The zero-order chi connectivity index (χ0) is 35.0. The summed E-state index contributed by atoms with van der Waals surface area (Å²) in [5.41, 5.74) is 0. The summed E-state index contributed by atoms with van der Waals surface area (Å²) in [5, 5.41) is 9.56. The number of ether oxygens (including phenoxy) is 2. The molecule has 5 heteroatoms. The number of unbranched alkanes of at least 4 members (excludes halogenated alkanes) is 20. The van der Waals surface area contributed by atoms with Crippen molar-refractivity contribution < 1.29 is 24.2 Å². The Balaban J connectivity index is 3.61. The van der Waals surface area contributed by atoms with E-state index in [4.69, 9.17) is 9.47 Å². The van der Waals surface area contributed by atoms with E-state index in [2.05, 4.69) is 62.5 Å². The molecule has 0 radical (unpaired) electrons. The Morgan fingerprint density at radius 2 is 0.833 bits per heavy atom. The van der Waals surface area contributed by atoms with Gasteiger partial charge >= 0.3 is 11.9 Å². The Morgan fingerprint density at radius 3 is 1.31 bits per heavy atom. The average Bonchev–Trinajstić information content (AvgIpc) is 3.09. The van der Waals surface area contributed by atoms with Gasteiger partial charge in [0, 0.05) is 12.8 Å². The van der Waals surface area contributed by atoms with Crippen LogP contribution in [0.2, 0.25) is 0 Å². The third kappa shape index (κ3) is 36.7. The van der Waals surface area contributed by atoms with E-state index in [0.717, 1.165) is 64.2 Å². The Morgan fingerprint density at radius 1 is 0.479 bits per heavy atom. The molecule has 0 aliphatic heterocycles. The van der Waals surface area contributed by atoms with Crippen molar-refractivity contribution in [3.63, 3.8) is 0 Å². The van der Waals surface area contributed by atoms with Gasteiger partial charge in [0.15, 0.2) is 6.10 Å². The Kier molecular flexibility index (Phi) is 37.5. The smallest absolute Gasteiger partial charge is 0.306 e. The van der Waals surface area contributed by atoms with E-state index in [-0.39, 0.29) is 25.2 Å². The molecule has 0 aliphatic rings. The van der Waals surface area contributed by atoms with E-state index in [1.807, 2.05) is 0 Å². The van der Waals surface area contributed by atoms with Crippen LogP contribution in [0.3, 0.4) is 0 Å². The van der Waals surface area contributed by atoms with Crippen LogP contribution in [0.25, 0.3) is 0 Å². The molecule has 0 bridgehead atoms. The second-order valence-electron chi connectivity index (χ2n) is 13.4. The molecular weight excluding hydrogens is 596 g/mol. The summed E-state index contributed by atoms with van der Waals surface area (Å²) in [7, 11) is 0. The number of allylic oxidation sites excluding steroid dienone is 8. The second-order valence-corrected chi connectivity index (χ2v) is 13.4. The Hall–Kier alpha value is -2.14. The molecule has 0 heterocycles. The van der Waals surface area contributed by atoms with Crippen molar-refractivity contribution >= 4 is 11.9 Å². The summed E-state index contributed by atoms with van der Waals surface area (Å²) in [6.07, 6.45) is 48.8. The summed E-state index contributed by atoms with van der Waals surface area (Å²) >= 11 is 0. The van der Waals surface area contributed by atoms with E-state index in [9.17, 15) is 14.7 Å². The molecular formula is C43H76O5. The van der Waals surface area contributed by atoms with Crippen LogP contribution < -0.4 is 0 Å². The van der Waals surface area contributed by atoms with Crippen molar-refractivity contribution in [2.75, 3.05) is 13.2 Å². The van der Waals surface area contributed by atoms with Crippen molar-refractivity contribution in [1.82, 2.24) is 0 Å². The van der Waals surface area contributed by atoms with E-state index in [1.165, 1.54) is 103 Å². The first-order valence-corrected chi connectivity index (χ1v) is 20.2. The van der Waals surface area contributed by atoms with Gasteiger partial charge in [0.05, 0.1) is 6.61 Å². The topological polar surface area (TPSA) is 72.8 Å². The minimum absolute atomic E-state index is 0.0796. The standard InChI is InChI=1S/C43H76O5/c1-3-5-7-9-11-13-15-17-19-21-23-25-27-29-31-33-35-37-42(45)47-40-41(39-44)48-43(46)38-36-34-32-30-28-26-24-22-20-18-16-14-12-10-8-6-4-2/h11,13,17-20,23,25,41,44H,3-10,12,14-16,21-22,24,26-40H2,1-2H3. The maximum Gasteiger partial charge on any atom is 0.306 e. The number of rotatable bonds is 36. The van der Waals surface area contributed by atoms with Gasteiger partial charge in [-0.1, -0.05) is 152 Å². The van der Waals surface area contributed by atoms with Gasteiger partial charge in [-0.05, 0) is 77.0 Å². The van der Waals surface area contributed by atoms with E-state index in [1.54, 1.807) is 0 Å². The van der Waals surface area contributed by atoms with Crippen molar-refractivity contribution in [3.8, 4) is 0 Å². The Bertz CT molecular complexity index is 812. The lowest BCUT2D eigenvalue weighted by Crippen LogP contribution is -2.28. The molecule has 1 N–H and O–H groups in total. The molecule has 48 heavy (non-hydrogen) atoms. The number of hydrogen-bond acceptors (Lipinski definition) is 5. The van der Waals surface area contributed by atoms with Crippen LogP contribution >= 0.6 is 0 Å². The molecule has 0 saturated carbocycles. The van der Waals surface area contributed by atoms with Crippen LogP contribution in [-0.4, -0.2) is 36.4 Å². The van der Waals surface area contributed by atoms with Crippen LogP contribution in [0.5, 0.6) is 0 Å². The zero-order valence-electron chi connectivity index (χ0n) is 31.5. The first-order chi connectivity index (χ1) is 23.6. The van der Waals surface area contributed by atoms with Crippen molar-refractivity contribution in [2.45, 2.75) is 200 Å². The van der Waals surface area contributed by atoms with Crippen LogP contribution in [0.4, 0.5) is 0 Å². The highest BCUT2D eigenvalue weighted by atomic mass is 16.6. The maximum atomic E-state index is 12.2. The second kappa shape index (κ2) is 39.3. The highest BCUT2D eigenvalue weighted by Crippen LogP contribution is 2.13. The molecule has 1 unspecified atom stereocenters. The quantitative estimate of drug-likeness (QED) is 0.0407. The van der Waals surface area contributed by atoms with E-state index >= 15 is 0 Å². The molecule has 0 amide bonds. The summed E-state index contributed by atoms with van der Waals surface area (Å²) in [4.78, 5) is 24.3. The third-order valence-corrected chi connectivity index (χ3v) is 8.60. The van der Waals surface area contributed by atoms with Gasteiger partial charge in [-0.2, -0.15) is 0 Å². The fraction of sp³-hybridized carbons (Fsp3) is 0.767. The van der Waals surface area contributed by atoms with Crippen LogP contribution in [-0.2, 0) is 19.1 Å². The average molecular weight is 673 g/mol. The molecule has 0 aromatic rings. The zero-order valence-corrected chi connectivity index (χ0v) is 31.5. The fourth-order valence-corrected chi connectivity index (χ4v) is 5.50. The van der Waals surface area contributed by atoms with Gasteiger partial charge in [0.2, 0.25) is 0 Å². The summed E-state index contributed by atoms with van der Waals surface area (Å²) in [5.74, 6) is -0.621. The maximum absolute atomic E-state index is 12.2. The van der Waals surface area contributed by atoms with Crippen LogP contribution in [0.15, 0.2) is 48.6 Å². The summed E-state index contributed by atoms with van der Waals surface area (Å²) < 4.78 is 10.6. The number of carbonyl (C=O) groups excluding carboxylic acids is 2. The lowest BCUT2D eigenvalue weighted by Gasteiger charge is -2.15. The monoisotopic (exact) mass is 673 g/mol. The predicted molar refractivity (Wildman–Crippen MR) is 205 cm³/mol. The predicted octanol–water partition coefficient (Wildman–Crippen LogP) is 12.6. The van der Waals surface area contributed by atoms with Crippen molar-refractivity contribution in [2.24, 2.45) is 0 Å². The van der Waals surface area contributed by atoms with Crippen LogP contribution in [0, 0.1) is 0 Å². The first-order valence-electron chi connectivity index (χ1n) is 20.2. The van der Waals surface area contributed by atoms with Crippen molar-refractivity contribution in [1.29, 1.82) is 0 Å². The van der Waals surface area contributed by atoms with Gasteiger partial charge in [-0.3, -0.25) is 9.59 Å². The molecule has 278 valence electrons. The molecule has 0 aliphatic carbocycles. The summed E-state index contributed by atoms with van der Waals surface area (Å²) in [6.45, 7) is 4.08. The van der Waals surface area contributed by atoms with Gasteiger partial charge in [0.25, 0.3) is 0 Å². The molecule has 0 aromatic heterocycles. The lowest BCUT2D eigenvalue weighted by molar-refractivity contribution is -0.161. The van der Waals surface area contributed by atoms with Crippen LogP contribution in [0.1, 0.15) is 194 Å². The lowest BCUT2D eigenvalue weighted by atomic mass is 10.1. The normalized spacial score (nSPS) is 12.6. The molecule has 0 aromatic carbocycles. The Labute approximate surface area is 297 Å². The highest BCUT2D eigenvalue weighted by molar-refractivity contribution is 5.70. The first kappa shape index (κ1) is 45.9. The van der Waals surface area contributed by atoms with Gasteiger partial charge in [-0.25, -0.2) is 0 Å². The number of esters is 2. The highest BCUT2D eigenvalue weighted by Gasteiger charge is 2.16. The van der Waals surface area contributed by atoms with Gasteiger partial charge in [-0.15, -0.1) is 0 Å².